The Morgan fingerprint density at radius 1 is 1.06 bits per heavy atom. The molecule has 36 heavy (non-hydrogen) atoms. The van der Waals surface area contributed by atoms with Crippen LogP contribution in [-0.4, -0.2) is 61.5 Å². The van der Waals surface area contributed by atoms with Crippen LogP contribution in [0.25, 0.3) is 22.0 Å². The van der Waals surface area contributed by atoms with Gasteiger partial charge in [0.05, 0.1) is 24.0 Å². The molecule has 3 aromatic heterocycles. The second-order valence-electron chi connectivity index (χ2n) is 8.61. The number of aromatic carboxylic acids is 1. The number of rotatable bonds is 7. The van der Waals surface area contributed by atoms with E-state index in [9.17, 15) is 14.7 Å². The lowest BCUT2D eigenvalue weighted by Crippen LogP contribution is -2.21. The van der Waals surface area contributed by atoms with Crippen molar-refractivity contribution in [1.29, 1.82) is 0 Å². The number of nitrogens with zero attached hydrogens (tertiary/aromatic N) is 5. The van der Waals surface area contributed by atoms with Gasteiger partial charge in [-0.2, -0.15) is 9.78 Å². The predicted octanol–water partition coefficient (Wildman–Crippen LogP) is 4.27. The molecule has 2 N–H and O–H groups in total. The number of fused-ring (bicyclic) bond motifs is 1. The zero-order chi connectivity index (χ0) is 25.1. The molecule has 1 aromatic carbocycles. The number of nitrogens with one attached hydrogen (secondary N) is 1. The van der Waals surface area contributed by atoms with E-state index in [1.54, 1.807) is 30.5 Å². The van der Waals surface area contributed by atoms with Crippen LogP contribution in [0.2, 0.25) is 0 Å². The van der Waals surface area contributed by atoms with Crippen molar-refractivity contribution in [2.75, 3.05) is 25.0 Å². The molecule has 5 rings (SSSR count). The fourth-order valence-corrected chi connectivity index (χ4v) is 4.41. The van der Waals surface area contributed by atoms with E-state index < -0.39 is 12.0 Å². The molecule has 0 unspecified atom stereocenters. The summed E-state index contributed by atoms with van der Waals surface area (Å²) in [4.78, 5) is 35.8. The highest BCUT2D eigenvalue weighted by Gasteiger charge is 2.21. The fraction of sp³-hybridized carbons (Fsp3) is 0.269. The number of carboxylic acid groups (broad SMARTS) is 1. The number of amides is 1. The van der Waals surface area contributed by atoms with Gasteiger partial charge in [0.1, 0.15) is 0 Å². The summed E-state index contributed by atoms with van der Waals surface area (Å²) in [5.41, 5.74) is 3.40. The average Bonchev–Trinajstić information content (AvgIpc) is 3.53. The number of ether oxygens (including phenoxy) is 1. The average molecular weight is 487 g/mol. The van der Waals surface area contributed by atoms with Gasteiger partial charge in [0, 0.05) is 36.0 Å². The molecular formula is C26H26N6O4. The third-order valence-corrected chi connectivity index (χ3v) is 6.09. The monoisotopic (exact) mass is 486 g/mol. The number of aromatic nitrogens is 4. The van der Waals surface area contributed by atoms with E-state index in [0.717, 1.165) is 41.0 Å². The van der Waals surface area contributed by atoms with Gasteiger partial charge in [-0.25, -0.2) is 14.6 Å². The summed E-state index contributed by atoms with van der Waals surface area (Å²) in [6, 6.07) is 10.1. The van der Waals surface area contributed by atoms with Crippen molar-refractivity contribution in [2.45, 2.75) is 26.3 Å². The summed E-state index contributed by atoms with van der Waals surface area (Å²) in [7, 11) is 0. The summed E-state index contributed by atoms with van der Waals surface area (Å²) < 4.78 is 6.37. The van der Waals surface area contributed by atoms with Crippen molar-refractivity contribution in [3.8, 4) is 17.0 Å². The largest absolute Gasteiger partial charge is 0.478 e. The molecule has 1 aliphatic heterocycles. The molecule has 0 aliphatic carbocycles. The Bertz CT molecular complexity index is 1410. The lowest BCUT2D eigenvalue weighted by molar-refractivity contribution is 0.0692. The van der Waals surface area contributed by atoms with E-state index in [2.05, 4.69) is 31.3 Å². The summed E-state index contributed by atoms with van der Waals surface area (Å²) in [5.74, 6) is -0.771. The summed E-state index contributed by atoms with van der Waals surface area (Å²) in [5, 5.41) is 16.9. The third kappa shape index (κ3) is 4.89. The zero-order valence-electron chi connectivity index (χ0n) is 19.8. The number of pyridine rings is 2. The summed E-state index contributed by atoms with van der Waals surface area (Å²) >= 11 is 0. The van der Waals surface area contributed by atoms with E-state index in [1.807, 2.05) is 19.2 Å². The van der Waals surface area contributed by atoms with Crippen LogP contribution in [0.15, 0.2) is 55.0 Å². The molecule has 0 atom stereocenters. The molecule has 1 saturated heterocycles. The minimum atomic E-state index is -1.22. The highest BCUT2D eigenvalue weighted by Crippen LogP contribution is 2.28. The van der Waals surface area contributed by atoms with E-state index >= 15 is 0 Å². The number of benzene rings is 1. The van der Waals surface area contributed by atoms with Gasteiger partial charge in [-0.3, -0.25) is 9.88 Å². The van der Waals surface area contributed by atoms with Gasteiger partial charge < -0.3 is 15.2 Å². The smallest absolute Gasteiger partial charge is 0.357 e. The first-order chi connectivity index (χ1) is 17.5. The molecule has 10 nitrogen and oxygen atoms in total. The Kier molecular flexibility index (Phi) is 6.59. The van der Waals surface area contributed by atoms with Crippen LogP contribution < -0.4 is 10.1 Å². The maximum absolute atomic E-state index is 13.0. The molecule has 4 aromatic rings. The lowest BCUT2D eigenvalue weighted by atomic mass is 10.0. The molecule has 0 spiro atoms. The van der Waals surface area contributed by atoms with E-state index in [0.29, 0.717) is 29.1 Å². The van der Waals surface area contributed by atoms with Crippen molar-refractivity contribution >= 4 is 28.6 Å². The normalized spacial score (nSPS) is 13.7. The molecule has 0 saturated carbocycles. The SMILES string of the molecule is CCOc1ccc(NC(=O)n2nc(C(=O)O)c3cc(-c4cncc(CN5CCCC5)c4)ccc32)cn1. The number of carbonyl (C=O) groups is 2. The van der Waals surface area contributed by atoms with Crippen molar-refractivity contribution in [2.24, 2.45) is 0 Å². The summed E-state index contributed by atoms with van der Waals surface area (Å²) in [6.07, 6.45) is 7.52. The van der Waals surface area contributed by atoms with Crippen LogP contribution in [0.5, 0.6) is 5.88 Å². The molecule has 10 heteroatoms. The Morgan fingerprint density at radius 3 is 2.61 bits per heavy atom. The molecule has 1 amide bonds. The van der Waals surface area contributed by atoms with Gasteiger partial charge in [0.25, 0.3) is 0 Å². The molecule has 1 aliphatic rings. The Hall–Kier alpha value is -4.31. The van der Waals surface area contributed by atoms with Crippen LogP contribution in [0.3, 0.4) is 0 Å². The first kappa shape index (κ1) is 23.4. The Morgan fingerprint density at radius 2 is 1.89 bits per heavy atom. The lowest BCUT2D eigenvalue weighted by Gasteiger charge is -2.14. The van der Waals surface area contributed by atoms with E-state index in [1.165, 1.54) is 19.0 Å². The van der Waals surface area contributed by atoms with Crippen molar-refractivity contribution < 1.29 is 19.4 Å². The maximum Gasteiger partial charge on any atom is 0.357 e. The quantitative estimate of drug-likeness (QED) is 0.397. The molecule has 4 heterocycles. The highest BCUT2D eigenvalue weighted by atomic mass is 16.5. The first-order valence-electron chi connectivity index (χ1n) is 11.8. The topological polar surface area (TPSA) is 122 Å². The Balaban J connectivity index is 1.44. The van der Waals surface area contributed by atoms with Crippen molar-refractivity contribution in [1.82, 2.24) is 24.6 Å². The third-order valence-electron chi connectivity index (χ3n) is 6.09. The van der Waals surface area contributed by atoms with E-state index in [4.69, 9.17) is 4.74 Å². The van der Waals surface area contributed by atoms with Crippen LogP contribution in [0.4, 0.5) is 10.5 Å². The number of hydrogen-bond acceptors (Lipinski definition) is 7. The van der Waals surface area contributed by atoms with Gasteiger partial charge in [-0.1, -0.05) is 6.07 Å². The van der Waals surface area contributed by atoms with Crippen molar-refractivity contribution in [3.05, 3.63) is 66.2 Å². The predicted molar refractivity (Wildman–Crippen MR) is 134 cm³/mol. The number of anilines is 1. The molecular weight excluding hydrogens is 460 g/mol. The minimum Gasteiger partial charge on any atom is -0.478 e. The zero-order valence-corrected chi connectivity index (χ0v) is 19.8. The van der Waals surface area contributed by atoms with Gasteiger partial charge >= 0.3 is 12.0 Å². The molecule has 184 valence electrons. The number of likely N-dealkylation sites (tertiary alicyclic amines) is 1. The molecule has 1 fully saturated rings. The van der Waals surface area contributed by atoms with Gasteiger partial charge in [0.2, 0.25) is 5.88 Å². The molecule has 0 radical (unpaired) electrons. The van der Waals surface area contributed by atoms with Gasteiger partial charge in [-0.15, -0.1) is 0 Å². The maximum atomic E-state index is 13.0. The van der Waals surface area contributed by atoms with Crippen LogP contribution in [0, 0.1) is 0 Å². The first-order valence-corrected chi connectivity index (χ1v) is 11.8. The Labute approximate surface area is 207 Å². The van der Waals surface area contributed by atoms with Gasteiger partial charge in [0.15, 0.2) is 5.69 Å². The van der Waals surface area contributed by atoms with Crippen molar-refractivity contribution in [3.63, 3.8) is 0 Å². The fourth-order valence-electron chi connectivity index (χ4n) is 4.41. The number of carboxylic acids is 1. The van der Waals surface area contributed by atoms with Crippen LogP contribution in [-0.2, 0) is 6.54 Å². The number of hydrogen-bond donors (Lipinski definition) is 2. The molecule has 0 bridgehead atoms. The van der Waals surface area contributed by atoms with E-state index in [-0.39, 0.29) is 5.69 Å². The highest BCUT2D eigenvalue weighted by molar-refractivity contribution is 6.06. The minimum absolute atomic E-state index is 0.201. The van der Waals surface area contributed by atoms with Gasteiger partial charge in [-0.05, 0) is 68.2 Å². The second-order valence-corrected chi connectivity index (χ2v) is 8.61. The number of carbonyl (C=O) groups excluding carboxylic acids is 1. The summed E-state index contributed by atoms with van der Waals surface area (Å²) in [6.45, 7) is 5.35. The van der Waals surface area contributed by atoms with Crippen LogP contribution >= 0.6 is 0 Å². The second kappa shape index (κ2) is 10.1. The standard InChI is InChI=1S/C26H26N6O4/c1-2-36-23-8-6-20(15-28-23)29-26(35)32-22-7-5-18(12-21(22)24(30-32)25(33)34)19-11-17(13-27-14-19)16-31-9-3-4-10-31/h5-8,11-15H,2-4,9-10,16H2,1H3,(H,29,35)(H,33,34). The van der Waals surface area contributed by atoms with Crippen LogP contribution in [0.1, 0.15) is 35.8 Å².